The van der Waals surface area contributed by atoms with Crippen molar-refractivity contribution in [3.05, 3.63) is 66.1 Å². The van der Waals surface area contributed by atoms with E-state index in [-0.39, 0.29) is 30.7 Å². The summed E-state index contributed by atoms with van der Waals surface area (Å²) in [5.41, 5.74) is 1.55. The topological polar surface area (TPSA) is 104 Å². The number of carbonyl (C=O) groups is 2. The van der Waals surface area contributed by atoms with Crippen LogP contribution in [0.15, 0.2) is 59.1 Å². The standard InChI is InChI=1S/C24H27N3O5/c1-4-30-19-13-9-8-12-18(19)23-26-21(32-27-23)15-31-24(29)22(16(2)3)25-20(28)14-17-10-6-5-7-11-17/h5-13,16,22H,4,14-15H2,1-3H3,(H,25,28)/t22-/m0/s1. The highest BCUT2D eigenvalue weighted by Crippen LogP contribution is 2.27. The fourth-order valence-corrected chi connectivity index (χ4v) is 3.08. The minimum atomic E-state index is -0.785. The molecule has 8 nitrogen and oxygen atoms in total. The van der Waals surface area contributed by atoms with Gasteiger partial charge in [-0.3, -0.25) is 4.79 Å². The Hall–Kier alpha value is -3.68. The number of nitrogens with one attached hydrogen (secondary N) is 1. The number of para-hydroxylation sites is 1. The van der Waals surface area contributed by atoms with Gasteiger partial charge in [0.2, 0.25) is 11.7 Å². The van der Waals surface area contributed by atoms with Crippen LogP contribution in [0.4, 0.5) is 0 Å². The van der Waals surface area contributed by atoms with Crippen LogP contribution in [0.1, 0.15) is 32.2 Å². The third kappa shape index (κ3) is 6.16. The molecule has 1 amide bonds. The number of benzene rings is 2. The summed E-state index contributed by atoms with van der Waals surface area (Å²) in [5.74, 6) is 0.170. The van der Waals surface area contributed by atoms with Crippen molar-refractivity contribution < 1.29 is 23.6 Å². The number of nitrogens with zero attached hydrogens (tertiary/aromatic N) is 2. The Morgan fingerprint density at radius 1 is 1.06 bits per heavy atom. The predicted octanol–water partition coefficient (Wildman–Crippen LogP) is 3.56. The fourth-order valence-electron chi connectivity index (χ4n) is 3.08. The molecule has 0 radical (unpaired) electrons. The van der Waals surface area contributed by atoms with Gasteiger partial charge in [0.15, 0.2) is 6.61 Å². The largest absolute Gasteiger partial charge is 0.493 e. The van der Waals surface area contributed by atoms with Crippen LogP contribution in [0.3, 0.4) is 0 Å². The lowest BCUT2D eigenvalue weighted by molar-refractivity contribution is -0.151. The van der Waals surface area contributed by atoms with Crippen LogP contribution >= 0.6 is 0 Å². The van der Waals surface area contributed by atoms with Crippen LogP contribution in [0, 0.1) is 5.92 Å². The van der Waals surface area contributed by atoms with Crippen molar-refractivity contribution in [2.24, 2.45) is 5.92 Å². The fraction of sp³-hybridized carbons (Fsp3) is 0.333. The smallest absolute Gasteiger partial charge is 0.329 e. The van der Waals surface area contributed by atoms with E-state index in [0.717, 1.165) is 5.56 Å². The van der Waals surface area contributed by atoms with E-state index in [0.29, 0.717) is 23.7 Å². The molecule has 0 saturated heterocycles. The average molecular weight is 437 g/mol. The zero-order chi connectivity index (χ0) is 22.9. The normalized spacial score (nSPS) is 11.8. The number of amides is 1. The summed E-state index contributed by atoms with van der Waals surface area (Å²) in [4.78, 5) is 29.3. The quantitative estimate of drug-likeness (QED) is 0.484. The second kappa shape index (κ2) is 11.1. The number of hydrogen-bond donors (Lipinski definition) is 1. The van der Waals surface area contributed by atoms with Gasteiger partial charge in [-0.2, -0.15) is 4.98 Å². The van der Waals surface area contributed by atoms with Gasteiger partial charge in [0.25, 0.3) is 5.89 Å². The zero-order valence-corrected chi connectivity index (χ0v) is 18.4. The number of hydrogen-bond acceptors (Lipinski definition) is 7. The van der Waals surface area contributed by atoms with Gasteiger partial charge in [-0.05, 0) is 30.5 Å². The Labute approximate surface area is 186 Å². The van der Waals surface area contributed by atoms with Gasteiger partial charge in [0.05, 0.1) is 18.6 Å². The van der Waals surface area contributed by atoms with Crippen LogP contribution in [0.5, 0.6) is 5.75 Å². The molecule has 1 atom stereocenters. The van der Waals surface area contributed by atoms with Gasteiger partial charge in [-0.25, -0.2) is 4.79 Å². The van der Waals surface area contributed by atoms with Crippen LogP contribution in [-0.2, 0) is 27.4 Å². The van der Waals surface area contributed by atoms with E-state index >= 15 is 0 Å². The molecule has 1 aromatic heterocycles. The molecule has 0 unspecified atom stereocenters. The van der Waals surface area contributed by atoms with E-state index in [9.17, 15) is 9.59 Å². The molecule has 0 saturated carbocycles. The highest BCUT2D eigenvalue weighted by atomic mass is 16.6. The first-order valence-corrected chi connectivity index (χ1v) is 10.5. The van der Waals surface area contributed by atoms with Crippen molar-refractivity contribution in [2.45, 2.75) is 39.8 Å². The number of carbonyl (C=O) groups excluding carboxylic acids is 2. The molecular formula is C24H27N3O5. The highest BCUT2D eigenvalue weighted by molar-refractivity contribution is 5.85. The van der Waals surface area contributed by atoms with Gasteiger partial charge in [0.1, 0.15) is 11.8 Å². The Morgan fingerprint density at radius 3 is 2.50 bits per heavy atom. The SMILES string of the molecule is CCOc1ccccc1-c1noc(COC(=O)[C@@H](NC(=O)Cc2ccccc2)C(C)C)n1. The first-order chi connectivity index (χ1) is 15.5. The van der Waals surface area contributed by atoms with Crippen molar-refractivity contribution >= 4 is 11.9 Å². The first kappa shape index (κ1) is 23.0. The maximum Gasteiger partial charge on any atom is 0.329 e. The zero-order valence-electron chi connectivity index (χ0n) is 18.4. The Balaban J connectivity index is 1.59. The molecule has 32 heavy (non-hydrogen) atoms. The Morgan fingerprint density at radius 2 is 1.78 bits per heavy atom. The molecule has 0 fully saturated rings. The van der Waals surface area contributed by atoms with E-state index in [2.05, 4.69) is 15.5 Å². The van der Waals surface area contributed by atoms with E-state index in [1.54, 1.807) is 0 Å². The third-order valence-corrected chi connectivity index (χ3v) is 4.68. The molecule has 0 aliphatic heterocycles. The average Bonchev–Trinajstić information content (AvgIpc) is 3.26. The maximum absolute atomic E-state index is 12.6. The Kier molecular flexibility index (Phi) is 7.96. The monoisotopic (exact) mass is 437 g/mol. The lowest BCUT2D eigenvalue weighted by atomic mass is 10.0. The molecule has 3 aromatic rings. The van der Waals surface area contributed by atoms with Crippen LogP contribution in [0.2, 0.25) is 0 Å². The van der Waals surface area contributed by atoms with E-state index in [4.69, 9.17) is 14.0 Å². The van der Waals surface area contributed by atoms with E-state index < -0.39 is 12.0 Å². The molecular weight excluding hydrogens is 410 g/mol. The summed E-state index contributed by atoms with van der Waals surface area (Å²) in [6, 6.07) is 15.9. The summed E-state index contributed by atoms with van der Waals surface area (Å²) in [6.07, 6.45) is 0.184. The van der Waals surface area contributed by atoms with Crippen LogP contribution < -0.4 is 10.1 Å². The molecule has 0 aliphatic rings. The van der Waals surface area contributed by atoms with Crippen molar-refractivity contribution in [3.63, 3.8) is 0 Å². The Bertz CT molecular complexity index is 1030. The first-order valence-electron chi connectivity index (χ1n) is 10.5. The lowest BCUT2D eigenvalue weighted by Crippen LogP contribution is -2.45. The second-order valence-electron chi connectivity index (χ2n) is 7.50. The third-order valence-electron chi connectivity index (χ3n) is 4.68. The van der Waals surface area contributed by atoms with Gasteiger partial charge in [-0.1, -0.05) is 61.5 Å². The molecule has 1 N–H and O–H groups in total. The van der Waals surface area contributed by atoms with Crippen molar-refractivity contribution in [1.29, 1.82) is 0 Å². The van der Waals surface area contributed by atoms with E-state index in [1.165, 1.54) is 0 Å². The van der Waals surface area contributed by atoms with Crippen molar-refractivity contribution in [3.8, 4) is 17.1 Å². The van der Waals surface area contributed by atoms with Crippen LogP contribution in [-0.4, -0.2) is 34.7 Å². The summed E-state index contributed by atoms with van der Waals surface area (Å²) < 4.78 is 16.2. The van der Waals surface area contributed by atoms with Gasteiger partial charge in [0, 0.05) is 0 Å². The number of aromatic nitrogens is 2. The molecule has 1 heterocycles. The van der Waals surface area contributed by atoms with Crippen molar-refractivity contribution in [2.75, 3.05) is 6.61 Å². The second-order valence-corrected chi connectivity index (χ2v) is 7.50. The molecule has 3 rings (SSSR count). The lowest BCUT2D eigenvalue weighted by Gasteiger charge is -2.20. The molecule has 0 spiro atoms. The van der Waals surface area contributed by atoms with E-state index in [1.807, 2.05) is 75.4 Å². The van der Waals surface area contributed by atoms with Crippen molar-refractivity contribution in [1.82, 2.24) is 15.5 Å². The van der Waals surface area contributed by atoms with Gasteiger partial charge < -0.3 is 19.3 Å². The highest BCUT2D eigenvalue weighted by Gasteiger charge is 2.26. The molecule has 0 bridgehead atoms. The number of ether oxygens (including phenoxy) is 2. The molecule has 0 aliphatic carbocycles. The summed E-state index contributed by atoms with van der Waals surface area (Å²) in [6.45, 7) is 5.88. The maximum atomic E-state index is 12.6. The number of esters is 1. The van der Waals surface area contributed by atoms with Gasteiger partial charge >= 0.3 is 5.97 Å². The summed E-state index contributed by atoms with van der Waals surface area (Å²) in [5, 5.41) is 6.71. The number of rotatable bonds is 10. The molecule has 168 valence electrons. The van der Waals surface area contributed by atoms with Gasteiger partial charge in [-0.15, -0.1) is 0 Å². The van der Waals surface area contributed by atoms with Crippen LogP contribution in [0.25, 0.3) is 11.4 Å². The predicted molar refractivity (Wildman–Crippen MR) is 118 cm³/mol. The minimum Gasteiger partial charge on any atom is -0.493 e. The summed E-state index contributed by atoms with van der Waals surface area (Å²) >= 11 is 0. The summed E-state index contributed by atoms with van der Waals surface area (Å²) in [7, 11) is 0. The molecule has 2 aromatic carbocycles. The molecule has 8 heteroatoms. The minimum absolute atomic E-state index is 0.151.